The number of amides is 1. The van der Waals surface area contributed by atoms with Gasteiger partial charge >= 0.3 is 113 Å². The predicted octanol–water partition coefficient (Wildman–Crippen LogP) is 2.13. The van der Waals surface area contributed by atoms with Gasteiger partial charge in [-0.1, -0.05) is 0 Å². The summed E-state index contributed by atoms with van der Waals surface area (Å²) in [6, 6.07) is 13.9. The number of carbonyl (C=O) groups is 1. The van der Waals surface area contributed by atoms with E-state index < -0.39 is 14.1 Å². The summed E-state index contributed by atoms with van der Waals surface area (Å²) in [5.74, 6) is -0.215. The number of para-hydroxylation sites is 1. The van der Waals surface area contributed by atoms with Crippen molar-refractivity contribution in [2.24, 2.45) is 0 Å². The molecule has 2 aromatic carbocycles. The molecule has 0 fully saturated rings. The van der Waals surface area contributed by atoms with Gasteiger partial charge in [0.1, 0.15) is 0 Å². The van der Waals surface area contributed by atoms with Crippen molar-refractivity contribution in [3.05, 3.63) is 59.1 Å². The van der Waals surface area contributed by atoms with Crippen LogP contribution in [0.5, 0.6) is 0 Å². The first-order valence-corrected chi connectivity index (χ1v) is 7.99. The van der Waals surface area contributed by atoms with Crippen molar-refractivity contribution in [1.29, 1.82) is 0 Å². The first kappa shape index (κ1) is 11.6. The molecule has 2 aromatic rings. The summed E-state index contributed by atoms with van der Waals surface area (Å²) in [5.41, 5.74) is 1.15. The molecule has 90 valence electrons. The van der Waals surface area contributed by atoms with Crippen molar-refractivity contribution >= 4 is 41.7 Å². The molecule has 0 radical (unpaired) electrons. The fourth-order valence-corrected chi connectivity index (χ4v) is 4.99. The topological polar surface area (TPSA) is 37.4 Å². The Kier molecular flexibility index (Phi) is 2.78. The number of carbonyl (C=O) groups excluding carboxylic acids is 1. The van der Waals surface area contributed by atoms with E-state index in [2.05, 4.69) is 0 Å². The Morgan fingerprint density at radius 3 is 2.50 bits per heavy atom. The molecule has 3 rings (SSSR count). The molecule has 0 bridgehead atoms. The molecule has 1 atom stereocenters. The van der Waals surface area contributed by atoms with Gasteiger partial charge in [0.2, 0.25) is 0 Å². The van der Waals surface area contributed by atoms with E-state index in [-0.39, 0.29) is 5.91 Å². The van der Waals surface area contributed by atoms with Crippen LogP contribution in [0.15, 0.2) is 48.5 Å². The standard InChI is InChI=1S/C13H8ClNO2Se/c14-9-6-7-11-12(8-9)18(17)15(13(11)16)10-4-2-1-3-5-10/h1-8H. The molecule has 5 heteroatoms. The van der Waals surface area contributed by atoms with Gasteiger partial charge in [-0.3, -0.25) is 0 Å². The van der Waals surface area contributed by atoms with Crippen LogP contribution in [-0.4, -0.2) is 20.0 Å². The van der Waals surface area contributed by atoms with Crippen LogP contribution >= 0.6 is 11.6 Å². The van der Waals surface area contributed by atoms with Crippen LogP contribution < -0.4 is 8.38 Å². The Hall–Kier alpha value is -1.48. The molecular formula is C13H8ClNO2Se. The summed E-state index contributed by atoms with van der Waals surface area (Å²) < 4.78 is 14.4. The van der Waals surface area contributed by atoms with Gasteiger partial charge in [0.05, 0.1) is 0 Å². The number of rotatable bonds is 1. The normalized spacial score (nSPS) is 17.9. The average molecular weight is 325 g/mol. The summed E-state index contributed by atoms with van der Waals surface area (Å²) in [5, 5.41) is 0.501. The Morgan fingerprint density at radius 1 is 1.06 bits per heavy atom. The minimum absolute atomic E-state index is 0.215. The van der Waals surface area contributed by atoms with Crippen LogP contribution in [0.25, 0.3) is 0 Å². The van der Waals surface area contributed by atoms with E-state index in [1.165, 1.54) is 3.92 Å². The van der Waals surface area contributed by atoms with Crippen molar-refractivity contribution in [3.63, 3.8) is 0 Å². The zero-order chi connectivity index (χ0) is 12.7. The Labute approximate surface area is 113 Å². The molecule has 1 unspecified atom stereocenters. The zero-order valence-electron chi connectivity index (χ0n) is 9.17. The van der Waals surface area contributed by atoms with E-state index >= 15 is 0 Å². The summed E-state index contributed by atoms with van der Waals surface area (Å²) in [7, 11) is 0. The maximum absolute atomic E-state index is 12.4. The zero-order valence-corrected chi connectivity index (χ0v) is 11.6. The second-order valence-corrected chi connectivity index (χ2v) is 7.00. The molecule has 0 N–H and O–H groups in total. The van der Waals surface area contributed by atoms with Crippen molar-refractivity contribution in [1.82, 2.24) is 0 Å². The van der Waals surface area contributed by atoms with Crippen LogP contribution in [0.1, 0.15) is 10.4 Å². The van der Waals surface area contributed by atoms with Gasteiger partial charge in [0, 0.05) is 0 Å². The molecular weight excluding hydrogens is 317 g/mol. The van der Waals surface area contributed by atoms with Crippen LogP contribution in [0, 0.1) is 0 Å². The Morgan fingerprint density at radius 2 is 1.78 bits per heavy atom. The summed E-state index contributed by atoms with van der Waals surface area (Å²) in [6.07, 6.45) is 0. The van der Waals surface area contributed by atoms with Gasteiger partial charge in [-0.15, -0.1) is 0 Å². The van der Waals surface area contributed by atoms with Crippen molar-refractivity contribution in [2.75, 3.05) is 3.92 Å². The van der Waals surface area contributed by atoms with E-state index in [4.69, 9.17) is 11.6 Å². The third-order valence-corrected chi connectivity index (χ3v) is 5.92. The number of nitrogens with zero attached hydrogens (tertiary/aromatic N) is 1. The van der Waals surface area contributed by atoms with Gasteiger partial charge in [-0.05, 0) is 0 Å². The van der Waals surface area contributed by atoms with E-state index in [0.717, 1.165) is 0 Å². The molecule has 0 aliphatic carbocycles. The molecule has 3 nitrogen and oxygen atoms in total. The van der Waals surface area contributed by atoms with Gasteiger partial charge in [-0.2, -0.15) is 0 Å². The summed E-state index contributed by atoms with van der Waals surface area (Å²) in [4.78, 5) is 12.2. The fraction of sp³-hybridized carbons (Fsp3) is 0. The van der Waals surface area contributed by atoms with Gasteiger partial charge in [0.25, 0.3) is 0 Å². The molecule has 1 aliphatic heterocycles. The monoisotopic (exact) mass is 325 g/mol. The van der Waals surface area contributed by atoms with E-state index in [9.17, 15) is 8.63 Å². The summed E-state index contributed by atoms with van der Waals surface area (Å²) in [6.45, 7) is 0. The van der Waals surface area contributed by atoms with Crippen LogP contribution in [0.4, 0.5) is 5.69 Å². The molecule has 1 aliphatic rings. The van der Waals surface area contributed by atoms with Crippen molar-refractivity contribution < 1.29 is 8.63 Å². The van der Waals surface area contributed by atoms with E-state index in [1.807, 2.05) is 18.2 Å². The van der Waals surface area contributed by atoms with Gasteiger partial charge in [-0.25, -0.2) is 0 Å². The second kappa shape index (κ2) is 4.32. The van der Waals surface area contributed by atoms with Crippen LogP contribution in [0.3, 0.4) is 0 Å². The molecule has 0 spiro atoms. The quantitative estimate of drug-likeness (QED) is 0.754. The fourth-order valence-electron chi connectivity index (χ4n) is 1.88. The Bertz CT molecular complexity index is 657. The molecule has 0 saturated heterocycles. The van der Waals surface area contributed by atoms with E-state index in [1.54, 1.807) is 30.3 Å². The molecule has 1 amide bonds. The molecule has 1 heterocycles. The SMILES string of the molecule is O=C1c2ccc(Cl)cc2[Se](=O)N1c1ccccc1. The first-order chi connectivity index (χ1) is 8.68. The second-order valence-electron chi connectivity index (χ2n) is 3.82. The molecule has 0 aromatic heterocycles. The first-order valence-electron chi connectivity index (χ1n) is 5.29. The van der Waals surface area contributed by atoms with E-state index in [0.29, 0.717) is 20.7 Å². The number of hydrogen-bond acceptors (Lipinski definition) is 2. The number of hydrogen-bond donors (Lipinski definition) is 0. The number of fused-ring (bicyclic) bond motifs is 1. The predicted molar refractivity (Wildman–Crippen MR) is 70.8 cm³/mol. The third kappa shape index (κ3) is 1.70. The number of halogens is 1. The maximum atomic E-state index is 12.4. The minimum atomic E-state index is -2.58. The van der Waals surface area contributed by atoms with Crippen LogP contribution in [0.2, 0.25) is 5.02 Å². The Balaban J connectivity index is 2.13. The number of anilines is 1. The van der Waals surface area contributed by atoms with Crippen molar-refractivity contribution in [2.45, 2.75) is 0 Å². The van der Waals surface area contributed by atoms with Gasteiger partial charge < -0.3 is 0 Å². The summed E-state index contributed by atoms with van der Waals surface area (Å²) >= 11 is 3.31. The van der Waals surface area contributed by atoms with Crippen molar-refractivity contribution in [3.8, 4) is 0 Å². The molecule has 18 heavy (non-hydrogen) atoms. The van der Waals surface area contributed by atoms with Gasteiger partial charge in [0.15, 0.2) is 0 Å². The molecule has 0 saturated carbocycles. The third-order valence-electron chi connectivity index (χ3n) is 2.70. The van der Waals surface area contributed by atoms with Crippen LogP contribution in [-0.2, 0) is 3.83 Å². The average Bonchev–Trinajstić information content (AvgIpc) is 2.63. The number of benzene rings is 2.